The lowest BCUT2D eigenvalue weighted by molar-refractivity contribution is 0.328. The third-order valence-electron chi connectivity index (χ3n) is 2.94. The molecule has 102 valence electrons. The lowest BCUT2D eigenvalue weighted by Crippen LogP contribution is -2.26. The zero-order valence-electron chi connectivity index (χ0n) is 11.2. The highest BCUT2D eigenvalue weighted by molar-refractivity contribution is 8.00. The van der Waals surface area contributed by atoms with Gasteiger partial charge in [0.25, 0.3) is 0 Å². The van der Waals surface area contributed by atoms with Crippen LogP contribution < -0.4 is 5.32 Å². The molecular formula is C13H28N2S2. The Bertz CT molecular complexity index is 151. The first-order chi connectivity index (χ1) is 8.39. The Hall–Kier alpha value is 0.620. The Morgan fingerprint density at radius 2 is 1.35 bits per heavy atom. The van der Waals surface area contributed by atoms with Gasteiger partial charge in [0.05, 0.1) is 0 Å². The molecule has 0 saturated carbocycles. The van der Waals surface area contributed by atoms with Crippen molar-refractivity contribution in [3.8, 4) is 0 Å². The highest BCUT2D eigenvalue weighted by Gasteiger charge is 1.99. The van der Waals surface area contributed by atoms with Crippen molar-refractivity contribution in [2.45, 2.75) is 25.7 Å². The summed E-state index contributed by atoms with van der Waals surface area (Å²) in [6.07, 6.45) is 5.35. The second-order valence-corrected chi connectivity index (χ2v) is 7.14. The zero-order chi connectivity index (χ0) is 12.2. The number of nitrogens with one attached hydrogen (secondary N) is 1. The summed E-state index contributed by atoms with van der Waals surface area (Å²) in [7, 11) is 2.25. The standard InChI is InChI=1S/C13H28N2S2/c1-15-8-2-6-14-7-3-10-16-12-5-13-17-11-4-9-15/h14H,2-13H2,1H3. The molecule has 0 spiro atoms. The van der Waals surface area contributed by atoms with Gasteiger partial charge in [0, 0.05) is 0 Å². The van der Waals surface area contributed by atoms with E-state index in [1.165, 1.54) is 74.9 Å². The van der Waals surface area contributed by atoms with Crippen LogP contribution in [0.2, 0.25) is 0 Å². The Balaban J connectivity index is 2.09. The van der Waals surface area contributed by atoms with Gasteiger partial charge in [-0.3, -0.25) is 0 Å². The average Bonchev–Trinajstić information content (AvgIpc) is 2.32. The van der Waals surface area contributed by atoms with Crippen molar-refractivity contribution in [1.29, 1.82) is 0 Å². The SMILES string of the molecule is CN1CCCNCCCSCCCSCCC1. The highest BCUT2D eigenvalue weighted by Crippen LogP contribution is 2.10. The first kappa shape index (κ1) is 15.7. The van der Waals surface area contributed by atoms with Crippen LogP contribution in [0.15, 0.2) is 0 Å². The van der Waals surface area contributed by atoms with Gasteiger partial charge in [-0.15, -0.1) is 0 Å². The summed E-state index contributed by atoms with van der Waals surface area (Å²) in [5.41, 5.74) is 0. The van der Waals surface area contributed by atoms with Crippen molar-refractivity contribution in [2.75, 3.05) is 56.2 Å². The molecule has 17 heavy (non-hydrogen) atoms. The quantitative estimate of drug-likeness (QED) is 0.731. The Morgan fingerprint density at radius 1 is 0.765 bits per heavy atom. The molecule has 1 aliphatic rings. The number of hydrogen-bond donors (Lipinski definition) is 1. The van der Waals surface area contributed by atoms with Crippen molar-refractivity contribution in [3.63, 3.8) is 0 Å². The Labute approximate surface area is 116 Å². The van der Waals surface area contributed by atoms with E-state index in [-0.39, 0.29) is 0 Å². The molecule has 0 atom stereocenters. The van der Waals surface area contributed by atoms with Crippen LogP contribution >= 0.6 is 23.5 Å². The molecule has 2 nitrogen and oxygen atoms in total. The molecule has 1 N–H and O–H groups in total. The fraction of sp³-hybridized carbons (Fsp3) is 1.00. The van der Waals surface area contributed by atoms with Gasteiger partial charge >= 0.3 is 0 Å². The highest BCUT2D eigenvalue weighted by atomic mass is 32.2. The first-order valence-electron chi connectivity index (χ1n) is 6.94. The molecule has 4 heteroatoms. The summed E-state index contributed by atoms with van der Waals surface area (Å²) >= 11 is 4.27. The number of rotatable bonds is 0. The van der Waals surface area contributed by atoms with Gasteiger partial charge in [-0.1, -0.05) is 0 Å². The summed E-state index contributed by atoms with van der Waals surface area (Å²) in [6.45, 7) is 4.89. The first-order valence-corrected chi connectivity index (χ1v) is 9.25. The Morgan fingerprint density at radius 3 is 2.18 bits per heavy atom. The predicted octanol–water partition coefficient (Wildman–Crippen LogP) is 2.55. The molecule has 0 amide bonds. The minimum Gasteiger partial charge on any atom is -0.317 e. The van der Waals surface area contributed by atoms with Crippen LogP contribution in [0.25, 0.3) is 0 Å². The lowest BCUT2D eigenvalue weighted by Gasteiger charge is -2.16. The smallest absolute Gasteiger partial charge is 0.000968 e. The van der Waals surface area contributed by atoms with Crippen LogP contribution in [-0.4, -0.2) is 61.1 Å². The number of thioether (sulfide) groups is 2. The fourth-order valence-corrected chi connectivity index (χ4v) is 3.88. The van der Waals surface area contributed by atoms with Crippen LogP contribution in [0.1, 0.15) is 25.7 Å². The maximum absolute atomic E-state index is 3.54. The van der Waals surface area contributed by atoms with Crippen LogP contribution in [0.3, 0.4) is 0 Å². The van der Waals surface area contributed by atoms with Crippen LogP contribution in [0.5, 0.6) is 0 Å². The van der Waals surface area contributed by atoms with Gasteiger partial charge in [0.1, 0.15) is 0 Å². The maximum Gasteiger partial charge on any atom is -0.000968 e. The van der Waals surface area contributed by atoms with Crippen molar-refractivity contribution in [3.05, 3.63) is 0 Å². The topological polar surface area (TPSA) is 15.3 Å². The minimum absolute atomic E-state index is 1.18. The van der Waals surface area contributed by atoms with Gasteiger partial charge in [-0.05, 0) is 81.9 Å². The third-order valence-corrected chi connectivity index (χ3v) is 5.25. The van der Waals surface area contributed by atoms with E-state index in [0.717, 1.165) is 0 Å². The molecule has 0 aromatic rings. The van der Waals surface area contributed by atoms with E-state index in [1.807, 2.05) is 0 Å². The van der Waals surface area contributed by atoms with Crippen LogP contribution in [0.4, 0.5) is 0 Å². The number of hydrogen-bond acceptors (Lipinski definition) is 4. The van der Waals surface area contributed by atoms with E-state index in [0.29, 0.717) is 0 Å². The molecule has 1 saturated heterocycles. The summed E-state index contributed by atoms with van der Waals surface area (Å²) in [6, 6.07) is 0. The second-order valence-electron chi connectivity index (χ2n) is 4.69. The van der Waals surface area contributed by atoms with E-state index in [9.17, 15) is 0 Å². The number of nitrogens with zero attached hydrogens (tertiary/aromatic N) is 1. The van der Waals surface area contributed by atoms with Gasteiger partial charge in [0.15, 0.2) is 0 Å². The van der Waals surface area contributed by atoms with E-state index in [4.69, 9.17) is 0 Å². The second kappa shape index (κ2) is 11.7. The van der Waals surface area contributed by atoms with E-state index >= 15 is 0 Å². The molecular weight excluding hydrogens is 248 g/mol. The van der Waals surface area contributed by atoms with Crippen molar-refractivity contribution < 1.29 is 0 Å². The Kier molecular flexibility index (Phi) is 10.8. The van der Waals surface area contributed by atoms with Gasteiger partial charge < -0.3 is 10.2 Å². The summed E-state index contributed by atoms with van der Waals surface area (Å²) in [5, 5.41) is 3.54. The fourth-order valence-electron chi connectivity index (χ4n) is 1.91. The predicted molar refractivity (Wildman–Crippen MR) is 83.5 cm³/mol. The van der Waals surface area contributed by atoms with Crippen LogP contribution in [-0.2, 0) is 0 Å². The van der Waals surface area contributed by atoms with E-state index in [2.05, 4.69) is 40.8 Å². The molecule has 0 unspecified atom stereocenters. The van der Waals surface area contributed by atoms with Crippen molar-refractivity contribution >= 4 is 23.5 Å². The monoisotopic (exact) mass is 276 g/mol. The maximum atomic E-state index is 3.54. The van der Waals surface area contributed by atoms with Crippen molar-refractivity contribution in [2.24, 2.45) is 0 Å². The normalized spacial score (nSPS) is 24.5. The molecule has 1 heterocycles. The summed E-state index contributed by atoms with van der Waals surface area (Å²) in [4.78, 5) is 2.48. The average molecular weight is 277 g/mol. The summed E-state index contributed by atoms with van der Waals surface area (Å²) < 4.78 is 0. The molecule has 0 aliphatic carbocycles. The van der Waals surface area contributed by atoms with Gasteiger partial charge in [0.2, 0.25) is 0 Å². The molecule has 0 aromatic carbocycles. The molecule has 0 bridgehead atoms. The lowest BCUT2D eigenvalue weighted by atomic mass is 10.3. The van der Waals surface area contributed by atoms with Crippen molar-refractivity contribution in [1.82, 2.24) is 10.2 Å². The zero-order valence-corrected chi connectivity index (χ0v) is 12.9. The molecule has 0 aromatic heterocycles. The molecule has 0 radical (unpaired) electrons. The van der Waals surface area contributed by atoms with E-state index < -0.39 is 0 Å². The van der Waals surface area contributed by atoms with E-state index in [1.54, 1.807) is 0 Å². The molecule has 1 aliphatic heterocycles. The molecule has 1 rings (SSSR count). The minimum atomic E-state index is 1.18. The van der Waals surface area contributed by atoms with Crippen LogP contribution in [0, 0.1) is 0 Å². The van der Waals surface area contributed by atoms with Gasteiger partial charge in [-0.2, -0.15) is 23.5 Å². The third kappa shape index (κ3) is 10.2. The summed E-state index contributed by atoms with van der Waals surface area (Å²) in [5.74, 6) is 5.38. The molecule has 1 fully saturated rings. The van der Waals surface area contributed by atoms with Gasteiger partial charge in [-0.25, -0.2) is 0 Å². The largest absolute Gasteiger partial charge is 0.317 e.